The van der Waals surface area contributed by atoms with Crippen LogP contribution in [0.3, 0.4) is 0 Å². The average molecular weight is 386 g/mol. The highest BCUT2D eigenvalue weighted by molar-refractivity contribution is 5.89. The number of hydrogen-bond acceptors (Lipinski definition) is 2. The molecule has 2 aromatic rings. The quantitative estimate of drug-likeness (QED) is 0.776. The van der Waals surface area contributed by atoms with Gasteiger partial charge < -0.3 is 10.6 Å². The van der Waals surface area contributed by atoms with Crippen molar-refractivity contribution in [3.8, 4) is 0 Å². The molecule has 2 amide bonds. The van der Waals surface area contributed by atoms with E-state index in [0.29, 0.717) is 5.56 Å². The summed E-state index contributed by atoms with van der Waals surface area (Å²) in [6.07, 6.45) is -4.78. The third-order valence-corrected chi connectivity index (χ3v) is 3.74. The highest BCUT2D eigenvalue weighted by Crippen LogP contribution is 2.29. The summed E-state index contributed by atoms with van der Waals surface area (Å²) in [4.78, 5) is 24.2. The van der Waals surface area contributed by atoms with Crippen LogP contribution in [0, 0.1) is 11.6 Å². The van der Waals surface area contributed by atoms with Crippen LogP contribution < -0.4 is 10.6 Å². The SMILES string of the molecule is CNC(=O)C(NC(=O)Cc1ccc(C(F)(F)F)cc1)c1ccc(F)c(F)c1. The van der Waals surface area contributed by atoms with Crippen LogP contribution in [-0.2, 0) is 22.2 Å². The summed E-state index contributed by atoms with van der Waals surface area (Å²) in [6.45, 7) is 0. The minimum absolute atomic E-state index is 0.0222. The zero-order valence-electron chi connectivity index (χ0n) is 14.0. The zero-order valence-corrected chi connectivity index (χ0v) is 14.0. The van der Waals surface area contributed by atoms with Gasteiger partial charge in [0.15, 0.2) is 11.6 Å². The Hall–Kier alpha value is -2.97. The predicted molar refractivity (Wildman–Crippen MR) is 86.5 cm³/mol. The van der Waals surface area contributed by atoms with Crippen molar-refractivity contribution in [3.05, 3.63) is 70.8 Å². The lowest BCUT2D eigenvalue weighted by atomic mass is 10.0. The molecule has 2 N–H and O–H groups in total. The van der Waals surface area contributed by atoms with Gasteiger partial charge in [-0.05, 0) is 35.4 Å². The molecular weight excluding hydrogens is 371 g/mol. The molecule has 0 aliphatic carbocycles. The summed E-state index contributed by atoms with van der Waals surface area (Å²) >= 11 is 0. The Kier molecular flexibility index (Phi) is 6.14. The van der Waals surface area contributed by atoms with Crippen LogP contribution in [0.25, 0.3) is 0 Å². The van der Waals surface area contributed by atoms with Crippen LogP contribution in [-0.4, -0.2) is 18.9 Å². The second kappa shape index (κ2) is 8.15. The first-order valence-electron chi connectivity index (χ1n) is 7.74. The molecule has 0 saturated carbocycles. The van der Waals surface area contributed by atoms with E-state index in [1.165, 1.54) is 7.05 Å². The molecule has 1 unspecified atom stereocenters. The molecule has 0 aromatic heterocycles. The van der Waals surface area contributed by atoms with Crippen molar-refractivity contribution in [1.82, 2.24) is 10.6 Å². The largest absolute Gasteiger partial charge is 0.416 e. The zero-order chi connectivity index (χ0) is 20.2. The van der Waals surface area contributed by atoms with Gasteiger partial charge in [-0.2, -0.15) is 13.2 Å². The maximum absolute atomic E-state index is 13.4. The molecule has 0 fully saturated rings. The molecule has 0 bridgehead atoms. The van der Waals surface area contributed by atoms with Gasteiger partial charge in [-0.3, -0.25) is 9.59 Å². The van der Waals surface area contributed by atoms with Crippen molar-refractivity contribution < 1.29 is 31.5 Å². The third-order valence-electron chi connectivity index (χ3n) is 3.74. The van der Waals surface area contributed by atoms with Crippen LogP contribution >= 0.6 is 0 Å². The van der Waals surface area contributed by atoms with E-state index in [2.05, 4.69) is 10.6 Å². The Morgan fingerprint density at radius 2 is 1.63 bits per heavy atom. The summed E-state index contributed by atoms with van der Waals surface area (Å²) in [7, 11) is 1.30. The van der Waals surface area contributed by atoms with E-state index < -0.39 is 41.2 Å². The van der Waals surface area contributed by atoms with E-state index in [4.69, 9.17) is 0 Å². The monoisotopic (exact) mass is 386 g/mol. The van der Waals surface area contributed by atoms with E-state index in [-0.39, 0.29) is 12.0 Å². The second-order valence-corrected chi connectivity index (χ2v) is 5.66. The third kappa shape index (κ3) is 5.25. The molecule has 2 rings (SSSR count). The first-order valence-corrected chi connectivity index (χ1v) is 7.74. The molecule has 0 heterocycles. The van der Waals surface area contributed by atoms with Crippen LogP contribution in [0.15, 0.2) is 42.5 Å². The smallest absolute Gasteiger partial charge is 0.357 e. The summed E-state index contributed by atoms with van der Waals surface area (Å²) in [5.74, 6) is -3.63. The van der Waals surface area contributed by atoms with Crippen LogP contribution in [0.2, 0.25) is 0 Å². The van der Waals surface area contributed by atoms with Gasteiger partial charge in [-0.15, -0.1) is 0 Å². The number of amides is 2. The van der Waals surface area contributed by atoms with E-state index >= 15 is 0 Å². The van der Waals surface area contributed by atoms with Gasteiger partial charge in [-0.25, -0.2) is 8.78 Å². The molecule has 0 saturated heterocycles. The lowest BCUT2D eigenvalue weighted by Gasteiger charge is -2.18. The van der Waals surface area contributed by atoms with Crippen molar-refractivity contribution in [3.63, 3.8) is 0 Å². The van der Waals surface area contributed by atoms with Gasteiger partial charge in [0.05, 0.1) is 12.0 Å². The maximum atomic E-state index is 13.4. The summed E-state index contributed by atoms with van der Waals surface area (Å²) in [5, 5.41) is 4.66. The number of rotatable bonds is 5. The van der Waals surface area contributed by atoms with Gasteiger partial charge in [-0.1, -0.05) is 18.2 Å². The fourth-order valence-electron chi connectivity index (χ4n) is 2.35. The van der Waals surface area contributed by atoms with E-state index in [9.17, 15) is 31.5 Å². The molecule has 1 atom stereocenters. The minimum atomic E-state index is -4.49. The Morgan fingerprint density at radius 1 is 1.00 bits per heavy atom. The van der Waals surface area contributed by atoms with Gasteiger partial charge in [0, 0.05) is 7.05 Å². The summed E-state index contributed by atoms with van der Waals surface area (Å²) in [5.41, 5.74) is -0.535. The van der Waals surface area contributed by atoms with E-state index in [1.54, 1.807) is 0 Å². The molecule has 27 heavy (non-hydrogen) atoms. The molecule has 9 heteroatoms. The summed E-state index contributed by atoms with van der Waals surface area (Å²) in [6, 6.07) is 5.45. The second-order valence-electron chi connectivity index (χ2n) is 5.66. The van der Waals surface area contributed by atoms with Crippen molar-refractivity contribution in [1.29, 1.82) is 0 Å². The van der Waals surface area contributed by atoms with Crippen molar-refractivity contribution in [2.45, 2.75) is 18.6 Å². The number of hydrogen-bond donors (Lipinski definition) is 2. The molecule has 0 aliphatic rings. The number of nitrogens with one attached hydrogen (secondary N) is 2. The number of carbonyl (C=O) groups excluding carboxylic acids is 2. The Balaban J connectivity index is 2.14. The van der Waals surface area contributed by atoms with Crippen LogP contribution in [0.1, 0.15) is 22.7 Å². The molecule has 0 spiro atoms. The van der Waals surface area contributed by atoms with Gasteiger partial charge in [0.25, 0.3) is 0 Å². The minimum Gasteiger partial charge on any atom is -0.357 e. The number of likely N-dealkylation sites (N-methyl/N-ethyl adjacent to an activating group) is 1. The predicted octanol–water partition coefficient (Wildman–Crippen LogP) is 3.13. The van der Waals surface area contributed by atoms with Gasteiger partial charge in [0.1, 0.15) is 6.04 Å². The lowest BCUT2D eigenvalue weighted by Crippen LogP contribution is -2.39. The van der Waals surface area contributed by atoms with Gasteiger partial charge >= 0.3 is 6.18 Å². The highest BCUT2D eigenvalue weighted by atomic mass is 19.4. The topological polar surface area (TPSA) is 58.2 Å². The molecule has 4 nitrogen and oxygen atoms in total. The molecule has 0 radical (unpaired) electrons. The number of halogens is 5. The standard InChI is InChI=1S/C18H15F5N2O2/c1-24-17(27)16(11-4-7-13(19)14(20)9-11)25-15(26)8-10-2-5-12(6-3-10)18(21,22)23/h2-7,9,16H,8H2,1H3,(H,24,27)(H,25,26). The Morgan fingerprint density at radius 3 is 2.15 bits per heavy atom. The average Bonchev–Trinajstić information content (AvgIpc) is 2.61. The van der Waals surface area contributed by atoms with Crippen molar-refractivity contribution in [2.75, 3.05) is 7.05 Å². The van der Waals surface area contributed by atoms with E-state index in [0.717, 1.165) is 42.5 Å². The number of benzene rings is 2. The first kappa shape index (κ1) is 20.3. The van der Waals surface area contributed by atoms with E-state index in [1.807, 2.05) is 0 Å². The van der Waals surface area contributed by atoms with Gasteiger partial charge in [0.2, 0.25) is 11.8 Å². The Bertz CT molecular complexity index is 835. The normalized spacial score (nSPS) is 12.4. The van der Waals surface area contributed by atoms with Crippen LogP contribution in [0.4, 0.5) is 22.0 Å². The number of alkyl halides is 3. The van der Waals surface area contributed by atoms with Crippen LogP contribution in [0.5, 0.6) is 0 Å². The molecular formula is C18H15F5N2O2. The first-order chi connectivity index (χ1) is 12.6. The van der Waals surface area contributed by atoms with Crippen molar-refractivity contribution in [2.24, 2.45) is 0 Å². The number of carbonyl (C=O) groups is 2. The molecule has 0 aliphatic heterocycles. The maximum Gasteiger partial charge on any atom is 0.416 e. The fraction of sp³-hybridized carbons (Fsp3) is 0.222. The highest BCUT2D eigenvalue weighted by Gasteiger charge is 2.30. The van der Waals surface area contributed by atoms with Crippen molar-refractivity contribution >= 4 is 11.8 Å². The molecule has 2 aromatic carbocycles. The lowest BCUT2D eigenvalue weighted by molar-refractivity contribution is -0.137. The fourth-order valence-corrected chi connectivity index (χ4v) is 2.35. The summed E-state index contributed by atoms with van der Waals surface area (Å²) < 4.78 is 64.1. The Labute approximate surface area is 151 Å². The molecule has 144 valence electrons.